The Bertz CT molecular complexity index is 856. The SMILES string of the molecule is CCCc1c(OCCCCCc2c(O)c(O)cc(Cl)c2Cl)ccc(C(=O)O)c1O. The zero-order valence-corrected chi connectivity index (χ0v) is 17.6. The van der Waals surface area contributed by atoms with Crippen molar-refractivity contribution in [1.29, 1.82) is 0 Å². The Morgan fingerprint density at radius 3 is 2.38 bits per heavy atom. The fourth-order valence-electron chi connectivity index (χ4n) is 3.06. The summed E-state index contributed by atoms with van der Waals surface area (Å²) in [5.74, 6) is -1.50. The molecule has 0 unspecified atom stereocenters. The molecule has 0 amide bonds. The van der Waals surface area contributed by atoms with Crippen LogP contribution < -0.4 is 4.74 Å². The summed E-state index contributed by atoms with van der Waals surface area (Å²) in [6.45, 7) is 2.33. The van der Waals surface area contributed by atoms with Gasteiger partial charge in [0.25, 0.3) is 0 Å². The molecule has 29 heavy (non-hydrogen) atoms. The van der Waals surface area contributed by atoms with E-state index in [1.54, 1.807) is 6.07 Å². The van der Waals surface area contributed by atoms with Crippen molar-refractivity contribution in [2.45, 2.75) is 45.4 Å². The molecule has 4 N–H and O–H groups in total. The zero-order valence-electron chi connectivity index (χ0n) is 16.0. The lowest BCUT2D eigenvalue weighted by molar-refractivity contribution is 0.0693. The van der Waals surface area contributed by atoms with Gasteiger partial charge in [0.2, 0.25) is 0 Å². The van der Waals surface area contributed by atoms with Crippen LogP contribution in [0.25, 0.3) is 0 Å². The van der Waals surface area contributed by atoms with Crippen molar-refractivity contribution in [3.05, 3.63) is 44.9 Å². The molecule has 0 spiro atoms. The Hall–Kier alpha value is -2.31. The maximum absolute atomic E-state index is 11.2. The number of phenols is 3. The number of hydrogen-bond donors (Lipinski definition) is 4. The van der Waals surface area contributed by atoms with Gasteiger partial charge in [0, 0.05) is 17.2 Å². The minimum atomic E-state index is -1.18. The van der Waals surface area contributed by atoms with Crippen LogP contribution in [0.1, 0.15) is 54.1 Å². The summed E-state index contributed by atoms with van der Waals surface area (Å²) in [7, 11) is 0. The van der Waals surface area contributed by atoms with Gasteiger partial charge in [-0.1, -0.05) is 36.5 Å². The number of aromatic hydroxyl groups is 3. The van der Waals surface area contributed by atoms with Gasteiger partial charge in [-0.3, -0.25) is 0 Å². The molecule has 2 rings (SSSR count). The summed E-state index contributed by atoms with van der Waals surface area (Å²) in [5.41, 5.74) is 0.776. The summed E-state index contributed by atoms with van der Waals surface area (Å²) < 4.78 is 5.75. The molecule has 0 aliphatic heterocycles. The molecule has 0 saturated carbocycles. The van der Waals surface area contributed by atoms with Crippen LogP contribution in [0.4, 0.5) is 0 Å². The highest BCUT2D eigenvalue weighted by Crippen LogP contribution is 2.40. The Kier molecular flexibility index (Phi) is 8.29. The van der Waals surface area contributed by atoms with Crippen molar-refractivity contribution >= 4 is 29.2 Å². The Labute approximate surface area is 179 Å². The van der Waals surface area contributed by atoms with E-state index < -0.39 is 5.97 Å². The van der Waals surface area contributed by atoms with Gasteiger partial charge in [-0.15, -0.1) is 0 Å². The average Bonchev–Trinajstić information content (AvgIpc) is 2.67. The van der Waals surface area contributed by atoms with Gasteiger partial charge in [-0.25, -0.2) is 4.79 Å². The van der Waals surface area contributed by atoms with E-state index in [0.29, 0.717) is 49.2 Å². The number of carboxylic acids is 1. The number of rotatable bonds is 10. The summed E-state index contributed by atoms with van der Waals surface area (Å²) in [6.07, 6.45) is 3.88. The first-order valence-electron chi connectivity index (χ1n) is 9.37. The Balaban J connectivity index is 1.90. The molecule has 0 aliphatic rings. The van der Waals surface area contributed by atoms with E-state index in [1.165, 1.54) is 12.1 Å². The van der Waals surface area contributed by atoms with Crippen LogP contribution in [-0.4, -0.2) is 33.0 Å². The second-order valence-corrected chi connectivity index (χ2v) is 7.46. The lowest BCUT2D eigenvalue weighted by Gasteiger charge is -2.14. The highest BCUT2D eigenvalue weighted by atomic mass is 35.5. The van der Waals surface area contributed by atoms with E-state index in [-0.39, 0.29) is 32.9 Å². The van der Waals surface area contributed by atoms with E-state index in [9.17, 15) is 20.1 Å². The third kappa shape index (κ3) is 5.61. The van der Waals surface area contributed by atoms with Crippen molar-refractivity contribution in [2.75, 3.05) is 6.61 Å². The van der Waals surface area contributed by atoms with E-state index in [1.807, 2.05) is 6.92 Å². The minimum absolute atomic E-state index is 0.137. The fraction of sp³-hybridized carbons (Fsp3) is 0.381. The largest absolute Gasteiger partial charge is 0.507 e. The second-order valence-electron chi connectivity index (χ2n) is 6.67. The second kappa shape index (κ2) is 10.5. The van der Waals surface area contributed by atoms with Gasteiger partial charge in [-0.2, -0.15) is 0 Å². The lowest BCUT2D eigenvalue weighted by Crippen LogP contribution is -2.04. The molecule has 0 fully saturated rings. The summed E-state index contributed by atoms with van der Waals surface area (Å²) in [6, 6.07) is 4.11. The molecule has 0 atom stereocenters. The quantitative estimate of drug-likeness (QED) is 0.283. The van der Waals surface area contributed by atoms with Crippen LogP contribution in [0.5, 0.6) is 23.0 Å². The van der Waals surface area contributed by atoms with Crippen molar-refractivity contribution in [3.8, 4) is 23.0 Å². The van der Waals surface area contributed by atoms with Crippen LogP contribution in [0.2, 0.25) is 10.0 Å². The third-order valence-electron chi connectivity index (χ3n) is 4.57. The number of hydrogen-bond acceptors (Lipinski definition) is 5. The van der Waals surface area contributed by atoms with Gasteiger partial charge < -0.3 is 25.2 Å². The number of carbonyl (C=O) groups is 1. The van der Waals surface area contributed by atoms with Gasteiger partial charge in [-0.05, 0) is 44.2 Å². The highest BCUT2D eigenvalue weighted by Gasteiger charge is 2.18. The number of carboxylic acid groups (broad SMARTS) is 1. The first kappa shape index (κ1) is 23.0. The van der Waals surface area contributed by atoms with Crippen molar-refractivity contribution in [2.24, 2.45) is 0 Å². The van der Waals surface area contributed by atoms with Crippen LogP contribution >= 0.6 is 23.2 Å². The maximum atomic E-state index is 11.2. The first-order valence-corrected chi connectivity index (χ1v) is 10.1. The smallest absolute Gasteiger partial charge is 0.339 e. The average molecular weight is 443 g/mol. The predicted molar refractivity (Wildman–Crippen MR) is 112 cm³/mol. The summed E-state index contributed by atoms with van der Waals surface area (Å²) in [5, 5.41) is 39.4. The molecule has 2 aromatic carbocycles. The van der Waals surface area contributed by atoms with Gasteiger partial charge in [0.15, 0.2) is 11.5 Å². The molecule has 0 heterocycles. The topological polar surface area (TPSA) is 107 Å². The highest BCUT2D eigenvalue weighted by molar-refractivity contribution is 6.42. The predicted octanol–water partition coefficient (Wildman–Crippen LogP) is 5.55. The van der Waals surface area contributed by atoms with E-state index in [4.69, 9.17) is 33.0 Å². The maximum Gasteiger partial charge on any atom is 0.339 e. The van der Waals surface area contributed by atoms with Crippen LogP contribution in [0.15, 0.2) is 18.2 Å². The molecular formula is C21H24Cl2O6. The number of ether oxygens (including phenoxy) is 1. The molecular weight excluding hydrogens is 419 g/mol. The summed E-state index contributed by atoms with van der Waals surface area (Å²) in [4.78, 5) is 11.2. The van der Waals surface area contributed by atoms with Crippen LogP contribution in [-0.2, 0) is 12.8 Å². The number of benzene rings is 2. The standard InChI is InChI=1S/C21H24Cl2O6/c1-2-6-12-17(9-8-14(19(12)25)21(27)28)29-10-5-3-4-7-13-18(23)15(22)11-16(24)20(13)26/h8-9,11,24-26H,2-7,10H2,1H3,(H,27,28). The molecule has 0 bridgehead atoms. The van der Waals surface area contributed by atoms with E-state index >= 15 is 0 Å². The van der Waals surface area contributed by atoms with Gasteiger partial charge >= 0.3 is 5.97 Å². The molecule has 8 heteroatoms. The number of unbranched alkanes of at least 4 members (excludes halogenated alkanes) is 2. The molecule has 0 saturated heterocycles. The van der Waals surface area contributed by atoms with Crippen LogP contribution in [0, 0.1) is 0 Å². The molecule has 2 aromatic rings. The van der Waals surface area contributed by atoms with Crippen molar-refractivity contribution < 1.29 is 30.0 Å². The normalized spacial score (nSPS) is 10.9. The molecule has 0 aromatic heterocycles. The number of halogens is 2. The van der Waals surface area contributed by atoms with Gasteiger partial charge in [0.1, 0.15) is 17.1 Å². The third-order valence-corrected chi connectivity index (χ3v) is 5.39. The molecule has 6 nitrogen and oxygen atoms in total. The first-order chi connectivity index (χ1) is 13.8. The zero-order chi connectivity index (χ0) is 21.6. The number of aromatic carboxylic acids is 1. The lowest BCUT2D eigenvalue weighted by atomic mass is 10.0. The molecule has 0 aliphatic carbocycles. The summed E-state index contributed by atoms with van der Waals surface area (Å²) >= 11 is 12.0. The Morgan fingerprint density at radius 2 is 1.72 bits per heavy atom. The van der Waals surface area contributed by atoms with E-state index in [2.05, 4.69) is 0 Å². The van der Waals surface area contributed by atoms with Gasteiger partial charge in [0.05, 0.1) is 16.7 Å². The Morgan fingerprint density at radius 1 is 1.00 bits per heavy atom. The monoisotopic (exact) mass is 442 g/mol. The van der Waals surface area contributed by atoms with Crippen molar-refractivity contribution in [1.82, 2.24) is 0 Å². The molecule has 0 radical (unpaired) electrons. The molecule has 158 valence electrons. The minimum Gasteiger partial charge on any atom is -0.507 e. The van der Waals surface area contributed by atoms with Crippen molar-refractivity contribution in [3.63, 3.8) is 0 Å². The van der Waals surface area contributed by atoms with Crippen LogP contribution in [0.3, 0.4) is 0 Å². The number of phenolic OH excluding ortho intramolecular Hbond substituents is 2. The fourth-order valence-corrected chi connectivity index (χ4v) is 3.52. The van der Waals surface area contributed by atoms with E-state index in [0.717, 1.165) is 12.8 Å².